The standard InChI is InChI=1S/C22H35N3O3S/c1-17-8-7-11-21(18(17)2)23-22(26)19(3)24-12-14-25(15-13-24)29(27,28)16-20-9-5-4-6-10-20/h4-6,9-10,17-19,21H,7-8,11-16H2,1-3H3,(H,23,26)/p+1/t17-,18+,19+,21-/m0/s1. The topological polar surface area (TPSA) is 70.9 Å². The second-order valence-corrected chi connectivity index (χ2v) is 10.9. The largest absolute Gasteiger partial charge is 0.348 e. The van der Waals surface area contributed by atoms with Crippen LogP contribution in [-0.2, 0) is 20.6 Å². The molecule has 0 radical (unpaired) electrons. The molecular weight excluding hydrogens is 386 g/mol. The number of hydrogen-bond donors (Lipinski definition) is 2. The molecule has 1 aromatic rings. The van der Waals surface area contributed by atoms with E-state index >= 15 is 0 Å². The highest BCUT2D eigenvalue weighted by Gasteiger charge is 2.35. The van der Waals surface area contributed by atoms with Gasteiger partial charge in [0.1, 0.15) is 0 Å². The Balaban J connectivity index is 1.51. The van der Waals surface area contributed by atoms with E-state index in [2.05, 4.69) is 19.2 Å². The molecule has 2 aliphatic rings. The average molecular weight is 423 g/mol. The predicted molar refractivity (Wildman–Crippen MR) is 115 cm³/mol. The number of piperazine rings is 1. The van der Waals surface area contributed by atoms with Gasteiger partial charge in [-0.3, -0.25) is 4.79 Å². The number of quaternary nitrogens is 1. The summed E-state index contributed by atoms with van der Waals surface area (Å²) in [5, 5.41) is 3.28. The maximum absolute atomic E-state index is 12.8. The SMILES string of the molecule is C[C@H]1[C@@H](NC(=O)[C@@H](C)[NH+]2CCN(S(=O)(=O)Cc3ccccc3)CC2)CCC[C@@H]1C. The van der Waals surface area contributed by atoms with E-state index in [0.29, 0.717) is 38.0 Å². The lowest BCUT2D eigenvalue weighted by Gasteiger charge is -2.37. The molecule has 0 bridgehead atoms. The molecule has 3 rings (SSSR count). The zero-order valence-corrected chi connectivity index (χ0v) is 18.7. The molecule has 6 nitrogen and oxygen atoms in total. The highest BCUT2D eigenvalue weighted by atomic mass is 32.2. The molecule has 29 heavy (non-hydrogen) atoms. The number of rotatable bonds is 6. The highest BCUT2D eigenvalue weighted by Crippen LogP contribution is 2.29. The molecule has 0 spiro atoms. The van der Waals surface area contributed by atoms with Crippen molar-refractivity contribution in [2.45, 2.75) is 57.9 Å². The first-order valence-electron chi connectivity index (χ1n) is 10.9. The van der Waals surface area contributed by atoms with Crippen LogP contribution in [0.5, 0.6) is 0 Å². The number of nitrogens with one attached hydrogen (secondary N) is 2. The van der Waals surface area contributed by atoms with E-state index in [4.69, 9.17) is 0 Å². The molecule has 1 heterocycles. The van der Waals surface area contributed by atoms with E-state index in [1.54, 1.807) is 4.31 Å². The van der Waals surface area contributed by atoms with Gasteiger partial charge in [-0.25, -0.2) is 8.42 Å². The van der Waals surface area contributed by atoms with Gasteiger partial charge in [-0.1, -0.05) is 57.0 Å². The van der Waals surface area contributed by atoms with Crippen molar-refractivity contribution >= 4 is 15.9 Å². The minimum absolute atomic E-state index is 0.0387. The molecule has 0 aromatic heterocycles. The van der Waals surface area contributed by atoms with E-state index < -0.39 is 10.0 Å². The Hall–Kier alpha value is -1.44. The highest BCUT2D eigenvalue weighted by molar-refractivity contribution is 7.88. The fourth-order valence-corrected chi connectivity index (χ4v) is 6.17. The Bertz CT molecular complexity index is 776. The van der Waals surface area contributed by atoms with Gasteiger partial charge >= 0.3 is 0 Å². The maximum atomic E-state index is 12.8. The number of carbonyl (C=O) groups is 1. The summed E-state index contributed by atoms with van der Waals surface area (Å²) in [6.07, 6.45) is 3.48. The lowest BCUT2D eigenvalue weighted by atomic mass is 9.78. The first-order chi connectivity index (χ1) is 13.8. The molecular formula is C22H36N3O3S+. The van der Waals surface area contributed by atoms with Crippen molar-refractivity contribution in [1.29, 1.82) is 0 Å². The normalized spacial score (nSPS) is 28.0. The molecule has 1 aromatic carbocycles. The van der Waals surface area contributed by atoms with E-state index in [9.17, 15) is 13.2 Å². The molecule has 7 heteroatoms. The number of sulfonamides is 1. The number of amides is 1. The summed E-state index contributed by atoms with van der Waals surface area (Å²) in [5.41, 5.74) is 0.811. The third kappa shape index (κ3) is 5.58. The second-order valence-electron chi connectivity index (χ2n) is 8.90. The van der Waals surface area contributed by atoms with Gasteiger partial charge in [0.05, 0.1) is 31.9 Å². The molecule has 4 atom stereocenters. The van der Waals surface area contributed by atoms with Gasteiger partial charge in [0, 0.05) is 6.04 Å². The fourth-order valence-electron chi connectivity index (χ4n) is 4.64. The van der Waals surface area contributed by atoms with Crippen LogP contribution >= 0.6 is 0 Å². The molecule has 2 N–H and O–H groups in total. The van der Waals surface area contributed by atoms with Gasteiger partial charge in [0.25, 0.3) is 5.91 Å². The van der Waals surface area contributed by atoms with Crippen molar-refractivity contribution < 1.29 is 18.1 Å². The number of nitrogens with zero attached hydrogens (tertiary/aromatic N) is 1. The molecule has 162 valence electrons. The quantitative estimate of drug-likeness (QED) is 0.720. The third-order valence-electron chi connectivity index (χ3n) is 6.99. The first kappa shape index (κ1) is 22.2. The molecule has 2 fully saturated rings. The van der Waals surface area contributed by atoms with Crippen LogP contribution in [0.1, 0.15) is 45.6 Å². The van der Waals surface area contributed by atoms with Crippen molar-refractivity contribution in [1.82, 2.24) is 9.62 Å². The molecule has 1 saturated heterocycles. The van der Waals surface area contributed by atoms with Gasteiger partial charge < -0.3 is 10.2 Å². The van der Waals surface area contributed by atoms with Crippen LogP contribution in [-0.4, -0.2) is 56.9 Å². The summed E-state index contributed by atoms with van der Waals surface area (Å²) in [5.74, 6) is 1.30. The minimum atomic E-state index is -3.32. The third-order valence-corrected chi connectivity index (χ3v) is 8.84. The van der Waals surface area contributed by atoms with Gasteiger partial charge in [-0.05, 0) is 30.7 Å². The fraction of sp³-hybridized carbons (Fsp3) is 0.682. The Kier molecular flexibility index (Phi) is 7.35. The predicted octanol–water partition coefficient (Wildman–Crippen LogP) is 1.05. The van der Waals surface area contributed by atoms with Crippen LogP contribution in [0, 0.1) is 11.8 Å². The summed E-state index contributed by atoms with van der Waals surface area (Å²) in [6, 6.07) is 9.41. The summed E-state index contributed by atoms with van der Waals surface area (Å²) >= 11 is 0. The van der Waals surface area contributed by atoms with Crippen molar-refractivity contribution in [3.05, 3.63) is 35.9 Å². The van der Waals surface area contributed by atoms with Crippen LogP contribution in [0.4, 0.5) is 0 Å². The number of benzene rings is 1. The average Bonchev–Trinajstić information content (AvgIpc) is 2.71. The van der Waals surface area contributed by atoms with E-state index in [0.717, 1.165) is 12.0 Å². The molecule has 0 unspecified atom stereocenters. The van der Waals surface area contributed by atoms with E-state index in [1.165, 1.54) is 17.7 Å². The smallest absolute Gasteiger partial charge is 0.278 e. The monoisotopic (exact) mass is 422 g/mol. The van der Waals surface area contributed by atoms with Gasteiger partial charge in [-0.2, -0.15) is 4.31 Å². The van der Waals surface area contributed by atoms with Crippen LogP contribution in [0.15, 0.2) is 30.3 Å². The van der Waals surface area contributed by atoms with Crippen LogP contribution in [0.25, 0.3) is 0 Å². The number of hydrogen-bond acceptors (Lipinski definition) is 3. The molecule has 1 aliphatic carbocycles. The minimum Gasteiger partial charge on any atom is -0.348 e. The zero-order valence-electron chi connectivity index (χ0n) is 17.9. The molecule has 1 saturated carbocycles. The van der Waals surface area contributed by atoms with E-state index in [1.807, 2.05) is 37.3 Å². The first-order valence-corrected chi connectivity index (χ1v) is 12.6. The summed E-state index contributed by atoms with van der Waals surface area (Å²) in [4.78, 5) is 14.0. The molecule has 1 amide bonds. The summed E-state index contributed by atoms with van der Waals surface area (Å²) in [7, 11) is -3.32. The van der Waals surface area contributed by atoms with Crippen molar-refractivity contribution in [2.75, 3.05) is 26.2 Å². The van der Waals surface area contributed by atoms with Crippen LogP contribution < -0.4 is 10.2 Å². The molecule has 1 aliphatic heterocycles. The van der Waals surface area contributed by atoms with E-state index in [-0.39, 0.29) is 23.7 Å². The number of carbonyl (C=O) groups excluding carboxylic acids is 1. The Morgan fingerprint density at radius 3 is 2.48 bits per heavy atom. The summed E-state index contributed by atoms with van der Waals surface area (Å²) < 4.78 is 27.0. The lowest BCUT2D eigenvalue weighted by Crippen LogP contribution is -3.19. The van der Waals surface area contributed by atoms with Crippen molar-refractivity contribution in [2.24, 2.45) is 11.8 Å². The Labute approximate surface area is 175 Å². The summed E-state index contributed by atoms with van der Waals surface area (Å²) in [6.45, 7) is 8.75. The van der Waals surface area contributed by atoms with Gasteiger partial charge in [0.2, 0.25) is 10.0 Å². The van der Waals surface area contributed by atoms with Crippen LogP contribution in [0.2, 0.25) is 0 Å². The zero-order chi connectivity index (χ0) is 21.0. The Morgan fingerprint density at radius 1 is 1.17 bits per heavy atom. The van der Waals surface area contributed by atoms with Gasteiger partial charge in [0.15, 0.2) is 6.04 Å². The van der Waals surface area contributed by atoms with Crippen molar-refractivity contribution in [3.63, 3.8) is 0 Å². The van der Waals surface area contributed by atoms with Crippen LogP contribution in [0.3, 0.4) is 0 Å². The van der Waals surface area contributed by atoms with Crippen molar-refractivity contribution in [3.8, 4) is 0 Å². The van der Waals surface area contributed by atoms with Gasteiger partial charge in [-0.15, -0.1) is 0 Å². The Morgan fingerprint density at radius 2 is 1.83 bits per heavy atom. The lowest BCUT2D eigenvalue weighted by molar-refractivity contribution is -0.917. The maximum Gasteiger partial charge on any atom is 0.278 e. The second kappa shape index (κ2) is 9.58.